The van der Waals surface area contributed by atoms with Gasteiger partial charge in [0.1, 0.15) is 6.54 Å². The number of rotatable bonds is 9. The maximum Gasteiger partial charge on any atom is 0.244 e. The Balaban J connectivity index is 1.88. The maximum absolute atomic E-state index is 12.6. The Bertz CT molecular complexity index is 589. The minimum atomic E-state index is 0.0506. The maximum atomic E-state index is 12.6. The quantitative estimate of drug-likeness (QED) is 0.514. The lowest BCUT2D eigenvalue weighted by Gasteiger charge is -2.24. The molecule has 6 nitrogen and oxygen atoms in total. The molecule has 1 fully saturated rings. The highest BCUT2D eigenvalue weighted by Crippen LogP contribution is 2.15. The number of aliphatic imine (C=N–C) groups is 1. The van der Waals surface area contributed by atoms with E-state index in [1.165, 1.54) is 19.4 Å². The van der Waals surface area contributed by atoms with E-state index in [0.717, 1.165) is 31.2 Å². The van der Waals surface area contributed by atoms with Gasteiger partial charge in [0.2, 0.25) is 5.91 Å². The van der Waals surface area contributed by atoms with E-state index in [9.17, 15) is 4.79 Å². The molecule has 2 rings (SSSR count). The molecule has 1 unspecified atom stereocenters. The zero-order chi connectivity index (χ0) is 19.5. The van der Waals surface area contributed by atoms with Crippen molar-refractivity contribution in [3.8, 4) is 0 Å². The highest BCUT2D eigenvalue weighted by molar-refractivity contribution is 5.85. The third-order valence-corrected chi connectivity index (χ3v) is 5.08. The first kappa shape index (κ1) is 21.2. The van der Waals surface area contributed by atoms with Crippen molar-refractivity contribution < 1.29 is 4.79 Å². The van der Waals surface area contributed by atoms with Gasteiger partial charge in [0.25, 0.3) is 0 Å². The van der Waals surface area contributed by atoms with Crippen molar-refractivity contribution in [2.45, 2.75) is 46.2 Å². The third-order valence-electron chi connectivity index (χ3n) is 5.08. The predicted molar refractivity (Wildman–Crippen MR) is 112 cm³/mol. The molecular weight excluding hydrogens is 338 g/mol. The molecule has 1 amide bonds. The standard InChI is InChI=1S/C21H35N5O/c1-4-22-21(23-15-19-13-10-14-25(19)5-2)24-16-20(27)26(6-3)17-18-11-8-7-9-12-18/h7-9,11-12,19H,4-6,10,13-17H2,1-3H3,(H2,22,23,24). The number of likely N-dealkylation sites (tertiary alicyclic amines) is 1. The molecule has 0 bridgehead atoms. The fourth-order valence-electron chi connectivity index (χ4n) is 3.53. The fraction of sp³-hybridized carbons (Fsp3) is 0.619. The van der Waals surface area contributed by atoms with Crippen LogP contribution in [0.4, 0.5) is 0 Å². The summed E-state index contributed by atoms with van der Waals surface area (Å²) in [5.41, 5.74) is 1.14. The summed E-state index contributed by atoms with van der Waals surface area (Å²) in [6.07, 6.45) is 2.48. The van der Waals surface area contributed by atoms with Gasteiger partial charge in [-0.25, -0.2) is 4.99 Å². The number of nitrogens with one attached hydrogen (secondary N) is 2. The molecule has 0 aromatic heterocycles. The van der Waals surface area contributed by atoms with E-state index in [-0.39, 0.29) is 12.5 Å². The van der Waals surface area contributed by atoms with Crippen molar-refractivity contribution in [2.75, 3.05) is 39.3 Å². The van der Waals surface area contributed by atoms with Crippen LogP contribution in [-0.4, -0.2) is 67.0 Å². The summed E-state index contributed by atoms with van der Waals surface area (Å²) in [4.78, 5) is 21.5. The van der Waals surface area contributed by atoms with Crippen LogP contribution in [0.1, 0.15) is 39.2 Å². The van der Waals surface area contributed by atoms with Gasteiger partial charge in [-0.3, -0.25) is 9.69 Å². The first-order valence-electron chi connectivity index (χ1n) is 10.3. The third kappa shape index (κ3) is 6.86. The Kier molecular flexibility index (Phi) is 9.11. The summed E-state index contributed by atoms with van der Waals surface area (Å²) in [5, 5.41) is 6.67. The van der Waals surface area contributed by atoms with Crippen molar-refractivity contribution in [2.24, 2.45) is 4.99 Å². The minimum absolute atomic E-state index is 0.0506. The van der Waals surface area contributed by atoms with Crippen LogP contribution < -0.4 is 10.6 Å². The van der Waals surface area contributed by atoms with Crippen LogP contribution in [0.5, 0.6) is 0 Å². The Hall–Kier alpha value is -2.08. The number of amides is 1. The van der Waals surface area contributed by atoms with Crippen LogP contribution in [0.3, 0.4) is 0 Å². The van der Waals surface area contributed by atoms with Gasteiger partial charge in [-0.05, 0) is 45.3 Å². The zero-order valence-corrected chi connectivity index (χ0v) is 17.1. The SMILES string of the molecule is CCNC(=NCC(=O)N(CC)Cc1ccccc1)NCC1CCCN1CC. The number of carbonyl (C=O) groups excluding carboxylic acids is 1. The molecule has 1 aromatic rings. The summed E-state index contributed by atoms with van der Waals surface area (Å²) in [7, 11) is 0. The Morgan fingerprint density at radius 1 is 1.22 bits per heavy atom. The van der Waals surface area contributed by atoms with Crippen molar-refractivity contribution >= 4 is 11.9 Å². The topological polar surface area (TPSA) is 60.0 Å². The molecule has 0 aliphatic carbocycles. The number of likely N-dealkylation sites (N-methyl/N-ethyl adjacent to an activating group) is 2. The molecule has 0 spiro atoms. The van der Waals surface area contributed by atoms with Crippen LogP contribution >= 0.6 is 0 Å². The molecule has 1 aromatic carbocycles. The second kappa shape index (κ2) is 11.6. The second-order valence-electron chi connectivity index (χ2n) is 6.89. The highest BCUT2D eigenvalue weighted by atomic mass is 16.2. The molecule has 1 heterocycles. The van der Waals surface area contributed by atoms with Crippen molar-refractivity contribution in [3.05, 3.63) is 35.9 Å². The van der Waals surface area contributed by atoms with Gasteiger partial charge in [0.15, 0.2) is 5.96 Å². The Morgan fingerprint density at radius 2 is 2.00 bits per heavy atom. The second-order valence-corrected chi connectivity index (χ2v) is 6.89. The molecule has 0 saturated carbocycles. The van der Waals surface area contributed by atoms with E-state index in [4.69, 9.17) is 0 Å². The van der Waals surface area contributed by atoms with E-state index in [1.807, 2.05) is 49.1 Å². The molecule has 2 N–H and O–H groups in total. The summed E-state index contributed by atoms with van der Waals surface area (Å²) in [6.45, 7) is 11.7. The molecule has 1 aliphatic rings. The minimum Gasteiger partial charge on any atom is -0.357 e. The highest BCUT2D eigenvalue weighted by Gasteiger charge is 2.22. The summed E-state index contributed by atoms with van der Waals surface area (Å²) in [6, 6.07) is 10.6. The van der Waals surface area contributed by atoms with Crippen LogP contribution in [0.2, 0.25) is 0 Å². The molecule has 1 aliphatic heterocycles. The van der Waals surface area contributed by atoms with Gasteiger partial charge in [0, 0.05) is 32.2 Å². The lowest BCUT2D eigenvalue weighted by Crippen LogP contribution is -2.45. The first-order valence-corrected chi connectivity index (χ1v) is 10.3. The average Bonchev–Trinajstić information content (AvgIpc) is 3.16. The first-order chi connectivity index (χ1) is 13.2. The molecule has 1 saturated heterocycles. The van der Waals surface area contributed by atoms with E-state index < -0.39 is 0 Å². The Labute approximate surface area is 164 Å². The van der Waals surface area contributed by atoms with Gasteiger partial charge in [-0.1, -0.05) is 37.3 Å². The van der Waals surface area contributed by atoms with E-state index in [0.29, 0.717) is 19.1 Å². The summed E-state index contributed by atoms with van der Waals surface area (Å²) in [5.74, 6) is 0.777. The molecular formula is C21H35N5O. The predicted octanol–water partition coefficient (Wildman–Crippen LogP) is 2.07. The van der Waals surface area contributed by atoms with E-state index >= 15 is 0 Å². The smallest absolute Gasteiger partial charge is 0.244 e. The van der Waals surface area contributed by atoms with Gasteiger partial charge >= 0.3 is 0 Å². The number of hydrogen-bond donors (Lipinski definition) is 2. The van der Waals surface area contributed by atoms with Crippen molar-refractivity contribution in [1.29, 1.82) is 0 Å². The summed E-state index contributed by atoms with van der Waals surface area (Å²) < 4.78 is 0. The molecule has 1 atom stereocenters. The monoisotopic (exact) mass is 373 g/mol. The van der Waals surface area contributed by atoms with E-state index in [2.05, 4.69) is 27.4 Å². The molecule has 27 heavy (non-hydrogen) atoms. The van der Waals surface area contributed by atoms with Gasteiger partial charge in [0.05, 0.1) is 0 Å². The van der Waals surface area contributed by atoms with Crippen molar-refractivity contribution in [1.82, 2.24) is 20.4 Å². The largest absolute Gasteiger partial charge is 0.357 e. The summed E-state index contributed by atoms with van der Waals surface area (Å²) >= 11 is 0. The number of guanidine groups is 1. The normalized spacial score (nSPS) is 17.7. The molecule has 150 valence electrons. The molecule has 6 heteroatoms. The van der Waals surface area contributed by atoms with Crippen LogP contribution in [0, 0.1) is 0 Å². The molecule has 0 radical (unpaired) electrons. The average molecular weight is 374 g/mol. The number of hydrogen-bond acceptors (Lipinski definition) is 3. The van der Waals surface area contributed by atoms with Crippen LogP contribution in [0.15, 0.2) is 35.3 Å². The van der Waals surface area contributed by atoms with Gasteiger partial charge in [-0.15, -0.1) is 0 Å². The number of carbonyl (C=O) groups is 1. The zero-order valence-electron chi connectivity index (χ0n) is 17.1. The Morgan fingerprint density at radius 3 is 2.67 bits per heavy atom. The lowest BCUT2D eigenvalue weighted by molar-refractivity contribution is -0.130. The van der Waals surface area contributed by atoms with Crippen LogP contribution in [-0.2, 0) is 11.3 Å². The van der Waals surface area contributed by atoms with Gasteiger partial charge < -0.3 is 15.5 Å². The van der Waals surface area contributed by atoms with E-state index in [1.54, 1.807) is 0 Å². The van der Waals surface area contributed by atoms with Crippen LogP contribution in [0.25, 0.3) is 0 Å². The van der Waals surface area contributed by atoms with Gasteiger partial charge in [-0.2, -0.15) is 0 Å². The lowest BCUT2D eigenvalue weighted by atomic mass is 10.2. The number of nitrogens with zero attached hydrogens (tertiary/aromatic N) is 3. The number of benzene rings is 1. The fourth-order valence-corrected chi connectivity index (χ4v) is 3.53. The van der Waals surface area contributed by atoms with Crippen molar-refractivity contribution in [3.63, 3.8) is 0 Å².